The first kappa shape index (κ1) is 12.6. The van der Waals surface area contributed by atoms with Gasteiger partial charge >= 0.3 is 0 Å². The third-order valence-electron chi connectivity index (χ3n) is 3.59. The maximum atomic E-state index is 6.02. The van der Waals surface area contributed by atoms with E-state index in [9.17, 15) is 0 Å². The van der Waals surface area contributed by atoms with Crippen LogP contribution in [0.1, 0.15) is 38.9 Å². The van der Waals surface area contributed by atoms with Gasteiger partial charge in [-0.3, -0.25) is 0 Å². The maximum Gasteiger partial charge on any atom is 0.0975 e. The summed E-state index contributed by atoms with van der Waals surface area (Å²) in [5, 5.41) is 3.70. The lowest BCUT2D eigenvalue weighted by Gasteiger charge is -2.26. The summed E-state index contributed by atoms with van der Waals surface area (Å²) in [5.41, 5.74) is 1.27. The zero-order chi connectivity index (χ0) is 12.3. The van der Waals surface area contributed by atoms with Crippen LogP contribution in [0.5, 0.6) is 0 Å². The first-order valence-corrected chi connectivity index (χ1v) is 6.61. The molecule has 2 rings (SSSR count). The smallest absolute Gasteiger partial charge is 0.0975 e. The van der Waals surface area contributed by atoms with E-state index in [1.165, 1.54) is 5.56 Å². The van der Waals surface area contributed by atoms with Gasteiger partial charge in [0.2, 0.25) is 0 Å². The average Bonchev–Trinajstić information content (AvgIpc) is 2.52. The van der Waals surface area contributed by atoms with Crippen molar-refractivity contribution in [1.29, 1.82) is 0 Å². The van der Waals surface area contributed by atoms with E-state index in [1.807, 2.05) is 0 Å². The fourth-order valence-corrected chi connectivity index (χ4v) is 2.53. The first-order chi connectivity index (χ1) is 8.18. The molecule has 1 fully saturated rings. The zero-order valence-corrected chi connectivity index (χ0v) is 11.0. The van der Waals surface area contributed by atoms with Crippen LogP contribution in [-0.4, -0.2) is 18.7 Å². The Labute approximate surface area is 104 Å². The Morgan fingerprint density at radius 2 is 1.94 bits per heavy atom. The van der Waals surface area contributed by atoms with Gasteiger partial charge in [0.25, 0.3) is 0 Å². The van der Waals surface area contributed by atoms with Crippen LogP contribution in [0.15, 0.2) is 30.3 Å². The first-order valence-electron chi connectivity index (χ1n) is 6.61. The summed E-state index contributed by atoms with van der Waals surface area (Å²) in [5.74, 6) is 0.663. The molecule has 0 spiro atoms. The fraction of sp³-hybridized carbons (Fsp3) is 0.600. The molecule has 0 aliphatic carbocycles. The second kappa shape index (κ2) is 5.65. The lowest BCUT2D eigenvalue weighted by molar-refractivity contribution is 0.0461. The molecule has 3 unspecified atom stereocenters. The van der Waals surface area contributed by atoms with Gasteiger partial charge in [0.15, 0.2) is 0 Å². The van der Waals surface area contributed by atoms with Crippen molar-refractivity contribution in [2.45, 2.75) is 45.4 Å². The second-order valence-corrected chi connectivity index (χ2v) is 5.30. The predicted octanol–water partition coefficient (Wildman–Crippen LogP) is 3.15. The van der Waals surface area contributed by atoms with E-state index in [4.69, 9.17) is 4.74 Å². The van der Waals surface area contributed by atoms with Gasteiger partial charge < -0.3 is 10.1 Å². The molecule has 1 heterocycles. The molecule has 0 radical (unpaired) electrons. The molecular weight excluding hydrogens is 210 g/mol. The highest BCUT2D eigenvalue weighted by atomic mass is 16.5. The molecule has 1 N–H and O–H groups in total. The molecule has 0 saturated carbocycles. The molecule has 1 aromatic carbocycles. The summed E-state index contributed by atoms with van der Waals surface area (Å²) in [6, 6.07) is 11.4. The van der Waals surface area contributed by atoms with E-state index < -0.39 is 0 Å². The van der Waals surface area contributed by atoms with Gasteiger partial charge in [-0.25, -0.2) is 0 Å². The minimum absolute atomic E-state index is 0.181. The fourth-order valence-electron chi connectivity index (χ4n) is 2.53. The van der Waals surface area contributed by atoms with Crippen molar-refractivity contribution >= 4 is 0 Å². The normalized spacial score (nSPS) is 30.2. The molecule has 0 aromatic heterocycles. The largest absolute Gasteiger partial charge is 0.372 e. The van der Waals surface area contributed by atoms with E-state index in [0.717, 1.165) is 13.0 Å². The highest BCUT2D eigenvalue weighted by Gasteiger charge is 2.27. The van der Waals surface area contributed by atoms with Crippen molar-refractivity contribution in [3.8, 4) is 0 Å². The lowest BCUT2D eigenvalue weighted by atomic mass is 9.99. The maximum absolute atomic E-state index is 6.02. The molecule has 0 bridgehead atoms. The van der Waals surface area contributed by atoms with Crippen molar-refractivity contribution in [3.05, 3.63) is 35.9 Å². The standard InChI is InChI=1S/C15H23NO/c1-11(2)14-9-10-17-15(12(3)16-14)13-7-5-4-6-8-13/h4-8,11-12,14-16H,9-10H2,1-3H3. The SMILES string of the molecule is CC(C)C1CCOC(c2ccccc2)C(C)N1. The summed E-state index contributed by atoms with van der Waals surface area (Å²) >= 11 is 0. The molecule has 1 saturated heterocycles. The molecule has 17 heavy (non-hydrogen) atoms. The summed E-state index contributed by atoms with van der Waals surface area (Å²) in [6.07, 6.45) is 1.28. The quantitative estimate of drug-likeness (QED) is 0.847. The Morgan fingerprint density at radius 1 is 1.24 bits per heavy atom. The molecule has 2 heteroatoms. The lowest BCUT2D eigenvalue weighted by Crippen LogP contribution is -2.41. The van der Waals surface area contributed by atoms with Crippen LogP contribution in [0.2, 0.25) is 0 Å². The summed E-state index contributed by atoms with van der Waals surface area (Å²) in [6.45, 7) is 7.61. The molecule has 2 nitrogen and oxygen atoms in total. The zero-order valence-electron chi connectivity index (χ0n) is 11.0. The molecule has 1 aliphatic heterocycles. The minimum Gasteiger partial charge on any atom is -0.372 e. The highest BCUT2D eigenvalue weighted by Crippen LogP contribution is 2.25. The van der Waals surface area contributed by atoms with Crippen LogP contribution in [0, 0.1) is 5.92 Å². The third kappa shape index (κ3) is 3.08. The topological polar surface area (TPSA) is 21.3 Å². The Kier molecular flexibility index (Phi) is 4.19. The molecule has 0 amide bonds. The third-order valence-corrected chi connectivity index (χ3v) is 3.59. The van der Waals surface area contributed by atoms with Crippen LogP contribution < -0.4 is 5.32 Å². The van der Waals surface area contributed by atoms with Crippen molar-refractivity contribution in [1.82, 2.24) is 5.32 Å². The Bertz CT molecular complexity index is 336. The number of nitrogens with one attached hydrogen (secondary N) is 1. The summed E-state index contributed by atoms with van der Waals surface area (Å²) < 4.78 is 6.02. The number of ether oxygens (including phenoxy) is 1. The molecular formula is C15H23NO. The number of hydrogen-bond acceptors (Lipinski definition) is 2. The van der Waals surface area contributed by atoms with Crippen molar-refractivity contribution in [2.24, 2.45) is 5.92 Å². The van der Waals surface area contributed by atoms with Crippen LogP contribution in [0.3, 0.4) is 0 Å². The number of benzene rings is 1. The van der Waals surface area contributed by atoms with Gasteiger partial charge in [0.1, 0.15) is 0 Å². The molecule has 3 atom stereocenters. The predicted molar refractivity (Wildman–Crippen MR) is 71.0 cm³/mol. The van der Waals surface area contributed by atoms with Gasteiger partial charge in [-0.2, -0.15) is 0 Å². The second-order valence-electron chi connectivity index (χ2n) is 5.30. The number of rotatable bonds is 2. The summed E-state index contributed by atoms with van der Waals surface area (Å²) in [4.78, 5) is 0. The van der Waals surface area contributed by atoms with Crippen LogP contribution in [-0.2, 0) is 4.74 Å². The monoisotopic (exact) mass is 233 g/mol. The highest BCUT2D eigenvalue weighted by molar-refractivity contribution is 5.19. The summed E-state index contributed by atoms with van der Waals surface area (Å²) in [7, 11) is 0. The van der Waals surface area contributed by atoms with Gasteiger partial charge in [-0.15, -0.1) is 0 Å². The van der Waals surface area contributed by atoms with Gasteiger partial charge in [-0.1, -0.05) is 44.2 Å². The molecule has 94 valence electrons. The van der Waals surface area contributed by atoms with Gasteiger partial charge in [-0.05, 0) is 24.8 Å². The average molecular weight is 233 g/mol. The van der Waals surface area contributed by atoms with E-state index in [0.29, 0.717) is 18.0 Å². The van der Waals surface area contributed by atoms with Crippen molar-refractivity contribution in [2.75, 3.05) is 6.61 Å². The van der Waals surface area contributed by atoms with Crippen molar-refractivity contribution < 1.29 is 4.74 Å². The van der Waals surface area contributed by atoms with Crippen LogP contribution in [0.4, 0.5) is 0 Å². The number of hydrogen-bond donors (Lipinski definition) is 1. The van der Waals surface area contributed by atoms with E-state index in [-0.39, 0.29) is 6.10 Å². The Morgan fingerprint density at radius 3 is 2.59 bits per heavy atom. The Balaban J connectivity index is 2.10. The van der Waals surface area contributed by atoms with E-state index >= 15 is 0 Å². The Hall–Kier alpha value is -0.860. The van der Waals surface area contributed by atoms with E-state index in [2.05, 4.69) is 56.4 Å². The molecule has 1 aliphatic rings. The van der Waals surface area contributed by atoms with Gasteiger partial charge in [0.05, 0.1) is 6.10 Å². The van der Waals surface area contributed by atoms with E-state index in [1.54, 1.807) is 0 Å². The van der Waals surface area contributed by atoms with Gasteiger partial charge in [0, 0.05) is 18.7 Å². The molecule has 1 aromatic rings. The minimum atomic E-state index is 0.181. The van der Waals surface area contributed by atoms with Crippen LogP contribution >= 0.6 is 0 Å². The van der Waals surface area contributed by atoms with Crippen LogP contribution in [0.25, 0.3) is 0 Å². The van der Waals surface area contributed by atoms with Crippen molar-refractivity contribution in [3.63, 3.8) is 0 Å².